The van der Waals surface area contributed by atoms with Crippen molar-refractivity contribution in [2.75, 3.05) is 13.2 Å². The molecule has 0 bridgehead atoms. The zero-order chi connectivity index (χ0) is 14.7. The zero-order valence-electron chi connectivity index (χ0n) is 14.1. The minimum atomic E-state index is 0.0717. The summed E-state index contributed by atoms with van der Waals surface area (Å²) in [5.41, 5.74) is 0.299. The van der Waals surface area contributed by atoms with Crippen LogP contribution >= 0.6 is 0 Å². The number of rotatable bonds is 11. The molecule has 1 saturated heterocycles. The van der Waals surface area contributed by atoms with Crippen LogP contribution in [0.1, 0.15) is 91.4 Å². The number of ether oxygens (including phenoxy) is 2. The Hall–Kier alpha value is -0.0800. The molecular formula is C18H36O2. The molecule has 2 nitrogen and oxygen atoms in total. The maximum Gasteiger partial charge on any atom is 0.157 e. The first-order chi connectivity index (χ1) is 9.76. The van der Waals surface area contributed by atoms with E-state index in [0.29, 0.717) is 5.41 Å². The zero-order valence-corrected chi connectivity index (χ0v) is 14.1. The Bertz CT molecular complexity index is 219. The lowest BCUT2D eigenvalue weighted by Crippen LogP contribution is -2.41. The Morgan fingerprint density at radius 3 is 2.00 bits per heavy atom. The van der Waals surface area contributed by atoms with Crippen LogP contribution in [0.5, 0.6) is 0 Å². The largest absolute Gasteiger partial charge is 0.352 e. The second-order valence-corrected chi connectivity index (χ2v) is 6.57. The average molecular weight is 284 g/mol. The summed E-state index contributed by atoms with van der Waals surface area (Å²) in [4.78, 5) is 0. The lowest BCUT2D eigenvalue weighted by atomic mass is 9.81. The fraction of sp³-hybridized carbons (Fsp3) is 1.00. The van der Waals surface area contributed by atoms with Crippen molar-refractivity contribution in [1.29, 1.82) is 0 Å². The maximum absolute atomic E-state index is 5.99. The fourth-order valence-corrected chi connectivity index (χ4v) is 2.96. The fourth-order valence-electron chi connectivity index (χ4n) is 2.96. The summed E-state index contributed by atoms with van der Waals surface area (Å²) >= 11 is 0. The number of hydrogen-bond acceptors (Lipinski definition) is 2. The van der Waals surface area contributed by atoms with Crippen LogP contribution in [0.2, 0.25) is 0 Å². The molecule has 0 aromatic carbocycles. The van der Waals surface area contributed by atoms with Gasteiger partial charge in [-0.25, -0.2) is 0 Å². The van der Waals surface area contributed by atoms with Crippen LogP contribution in [0.3, 0.4) is 0 Å². The van der Waals surface area contributed by atoms with E-state index in [4.69, 9.17) is 9.47 Å². The molecule has 1 rings (SSSR count). The van der Waals surface area contributed by atoms with Gasteiger partial charge < -0.3 is 9.47 Å². The molecule has 1 aliphatic heterocycles. The van der Waals surface area contributed by atoms with Crippen molar-refractivity contribution in [2.45, 2.75) is 97.7 Å². The molecule has 1 fully saturated rings. The molecule has 0 spiro atoms. The van der Waals surface area contributed by atoms with E-state index in [1.54, 1.807) is 0 Å². The van der Waals surface area contributed by atoms with E-state index in [-0.39, 0.29) is 6.29 Å². The molecule has 2 heteroatoms. The van der Waals surface area contributed by atoms with Crippen LogP contribution < -0.4 is 0 Å². The van der Waals surface area contributed by atoms with Crippen LogP contribution in [-0.2, 0) is 9.47 Å². The van der Waals surface area contributed by atoms with Crippen molar-refractivity contribution in [3.63, 3.8) is 0 Å². The van der Waals surface area contributed by atoms with Gasteiger partial charge in [-0.05, 0) is 25.7 Å². The van der Waals surface area contributed by atoms with Gasteiger partial charge in [0.2, 0.25) is 0 Å². The number of unbranched alkanes of at least 4 members (excludes halogenated alkanes) is 6. The molecular weight excluding hydrogens is 248 g/mol. The van der Waals surface area contributed by atoms with Crippen molar-refractivity contribution < 1.29 is 9.47 Å². The van der Waals surface area contributed by atoms with Crippen LogP contribution in [0.15, 0.2) is 0 Å². The highest BCUT2D eigenvalue weighted by Crippen LogP contribution is 2.34. The molecule has 0 unspecified atom stereocenters. The third-order valence-corrected chi connectivity index (χ3v) is 4.75. The molecule has 0 saturated carbocycles. The van der Waals surface area contributed by atoms with E-state index in [2.05, 4.69) is 20.8 Å². The lowest BCUT2D eigenvalue weighted by Gasteiger charge is -2.39. The first-order valence-corrected chi connectivity index (χ1v) is 8.99. The Morgan fingerprint density at radius 1 is 0.800 bits per heavy atom. The highest BCUT2D eigenvalue weighted by Gasteiger charge is 2.34. The smallest absolute Gasteiger partial charge is 0.157 e. The standard InChI is InChI=1S/C18H36O2/c1-4-7-9-10-11-12-13-17-19-15-18(6-3,16-20-17)14-8-5-2/h17H,4-16H2,1-3H3. The summed E-state index contributed by atoms with van der Waals surface area (Å²) in [6, 6.07) is 0. The Morgan fingerprint density at radius 2 is 1.40 bits per heavy atom. The molecule has 120 valence electrons. The van der Waals surface area contributed by atoms with Gasteiger partial charge in [-0.1, -0.05) is 65.7 Å². The van der Waals surface area contributed by atoms with Crippen molar-refractivity contribution >= 4 is 0 Å². The summed E-state index contributed by atoms with van der Waals surface area (Å²) < 4.78 is 12.0. The number of hydrogen-bond donors (Lipinski definition) is 0. The van der Waals surface area contributed by atoms with Crippen LogP contribution in [0, 0.1) is 5.41 Å². The third-order valence-electron chi connectivity index (χ3n) is 4.75. The summed E-state index contributed by atoms with van der Waals surface area (Å²) in [7, 11) is 0. The van der Waals surface area contributed by atoms with E-state index in [1.165, 1.54) is 64.2 Å². The molecule has 0 aliphatic carbocycles. The average Bonchev–Trinajstić information content (AvgIpc) is 2.50. The van der Waals surface area contributed by atoms with Crippen LogP contribution in [-0.4, -0.2) is 19.5 Å². The van der Waals surface area contributed by atoms with E-state index in [1.807, 2.05) is 0 Å². The first kappa shape index (κ1) is 18.0. The summed E-state index contributed by atoms with van der Waals surface area (Å²) in [5, 5.41) is 0. The Labute approximate surface area is 126 Å². The molecule has 1 heterocycles. The predicted molar refractivity (Wildman–Crippen MR) is 85.9 cm³/mol. The summed E-state index contributed by atoms with van der Waals surface area (Å²) in [6.07, 6.45) is 14.2. The van der Waals surface area contributed by atoms with Gasteiger partial charge in [-0.15, -0.1) is 0 Å². The van der Waals surface area contributed by atoms with E-state index in [0.717, 1.165) is 19.6 Å². The normalized spacial score (nSPS) is 26.9. The van der Waals surface area contributed by atoms with Gasteiger partial charge in [0.25, 0.3) is 0 Å². The summed E-state index contributed by atoms with van der Waals surface area (Å²) in [5.74, 6) is 0. The maximum atomic E-state index is 5.99. The first-order valence-electron chi connectivity index (χ1n) is 8.99. The van der Waals surface area contributed by atoms with Gasteiger partial charge in [0.1, 0.15) is 0 Å². The van der Waals surface area contributed by atoms with Crippen molar-refractivity contribution in [3.8, 4) is 0 Å². The van der Waals surface area contributed by atoms with Crippen LogP contribution in [0.4, 0.5) is 0 Å². The SMILES string of the molecule is CCCCCCCCC1OCC(CC)(CCCC)CO1. The lowest BCUT2D eigenvalue weighted by molar-refractivity contribution is -0.234. The molecule has 0 amide bonds. The van der Waals surface area contributed by atoms with E-state index < -0.39 is 0 Å². The second-order valence-electron chi connectivity index (χ2n) is 6.57. The predicted octanol–water partition coefficient (Wildman–Crippen LogP) is 5.70. The van der Waals surface area contributed by atoms with Gasteiger partial charge in [-0.2, -0.15) is 0 Å². The van der Waals surface area contributed by atoms with Gasteiger partial charge in [-0.3, -0.25) is 0 Å². The molecule has 0 aromatic rings. The van der Waals surface area contributed by atoms with E-state index in [9.17, 15) is 0 Å². The van der Waals surface area contributed by atoms with E-state index >= 15 is 0 Å². The topological polar surface area (TPSA) is 18.5 Å². The summed E-state index contributed by atoms with van der Waals surface area (Å²) in [6.45, 7) is 8.61. The molecule has 0 radical (unpaired) electrons. The van der Waals surface area contributed by atoms with Gasteiger partial charge in [0.05, 0.1) is 13.2 Å². The molecule has 0 aromatic heterocycles. The monoisotopic (exact) mass is 284 g/mol. The van der Waals surface area contributed by atoms with Crippen molar-refractivity contribution in [3.05, 3.63) is 0 Å². The van der Waals surface area contributed by atoms with Gasteiger partial charge in [0.15, 0.2) is 6.29 Å². The van der Waals surface area contributed by atoms with Crippen molar-refractivity contribution in [2.24, 2.45) is 5.41 Å². The highest BCUT2D eigenvalue weighted by atomic mass is 16.7. The Kier molecular flexibility index (Phi) is 9.54. The Balaban J connectivity index is 2.11. The van der Waals surface area contributed by atoms with Crippen molar-refractivity contribution in [1.82, 2.24) is 0 Å². The second kappa shape index (κ2) is 10.6. The van der Waals surface area contributed by atoms with Gasteiger partial charge >= 0.3 is 0 Å². The van der Waals surface area contributed by atoms with Crippen LogP contribution in [0.25, 0.3) is 0 Å². The van der Waals surface area contributed by atoms with Gasteiger partial charge in [0, 0.05) is 5.41 Å². The molecule has 20 heavy (non-hydrogen) atoms. The minimum Gasteiger partial charge on any atom is -0.352 e. The molecule has 0 atom stereocenters. The third kappa shape index (κ3) is 6.58. The minimum absolute atomic E-state index is 0.0717. The highest BCUT2D eigenvalue weighted by molar-refractivity contribution is 4.80. The molecule has 1 aliphatic rings. The quantitative estimate of drug-likeness (QED) is 0.453. The molecule has 0 N–H and O–H groups in total.